The van der Waals surface area contributed by atoms with Crippen molar-refractivity contribution in [2.45, 2.75) is 197 Å². The summed E-state index contributed by atoms with van der Waals surface area (Å²) in [6, 6.07) is 0. The van der Waals surface area contributed by atoms with Crippen LogP contribution in [0.15, 0.2) is 97.2 Å². The van der Waals surface area contributed by atoms with Crippen molar-refractivity contribution in [2.24, 2.45) is 0 Å². The summed E-state index contributed by atoms with van der Waals surface area (Å²) in [5, 5.41) is 80.8. The quantitative estimate of drug-likeness (QED) is 0.0102. The van der Waals surface area contributed by atoms with Gasteiger partial charge in [-0.1, -0.05) is 150 Å². The predicted octanol–water partition coefficient (Wildman–Crippen LogP) is 6.75. The van der Waals surface area contributed by atoms with Crippen molar-refractivity contribution in [3.63, 3.8) is 0 Å². The topological polar surface area (TPSA) is 270 Å². The smallest absolute Gasteiger partial charge is 0.462 e. The molecule has 0 aromatic heterocycles. The van der Waals surface area contributed by atoms with Crippen molar-refractivity contribution in [3.8, 4) is 0 Å². The van der Waals surface area contributed by atoms with Crippen LogP contribution in [0.1, 0.15) is 136 Å². The first-order valence-electron chi connectivity index (χ1n) is 24.4. The summed E-state index contributed by atoms with van der Waals surface area (Å²) in [6.07, 6.45) is 27.9. The molecule has 0 aromatic carbocycles. The number of unbranched alkanes of at least 4 members (excludes halogenated alkanes) is 8. The molecular weight excluding hydrogens is 900 g/mol. The second-order valence-corrected chi connectivity index (χ2v) is 18.2. The van der Waals surface area contributed by atoms with Crippen LogP contribution in [-0.4, -0.2) is 132 Å². The van der Waals surface area contributed by atoms with Crippen LogP contribution in [0.5, 0.6) is 0 Å². The molecular formula is C51H83O16P. The predicted molar refractivity (Wildman–Crippen MR) is 262 cm³/mol. The van der Waals surface area contributed by atoms with Gasteiger partial charge in [-0.25, -0.2) is 4.57 Å². The van der Waals surface area contributed by atoms with Crippen molar-refractivity contribution >= 4 is 19.8 Å². The molecule has 0 heterocycles. The molecule has 1 saturated carbocycles. The maximum Gasteiger partial charge on any atom is 0.472 e. The van der Waals surface area contributed by atoms with Crippen molar-refractivity contribution in [2.75, 3.05) is 13.2 Å². The van der Waals surface area contributed by atoms with Gasteiger partial charge in [-0.2, -0.15) is 0 Å². The third-order valence-electron chi connectivity index (χ3n) is 10.8. The lowest BCUT2D eigenvalue weighted by Crippen LogP contribution is -2.64. The molecule has 0 aromatic rings. The number of carbonyl (C=O) groups is 2. The summed E-state index contributed by atoms with van der Waals surface area (Å²) >= 11 is 0. The summed E-state index contributed by atoms with van der Waals surface area (Å²) in [4.78, 5) is 35.8. The van der Waals surface area contributed by atoms with E-state index in [2.05, 4.69) is 62.5 Å². The fourth-order valence-corrected chi connectivity index (χ4v) is 7.63. The number of hydrogen-bond donors (Lipinski definition) is 9. The molecule has 0 saturated heterocycles. The van der Waals surface area contributed by atoms with E-state index < -0.39 is 94.0 Å². The lowest BCUT2D eigenvalue weighted by Gasteiger charge is -2.41. The molecule has 0 amide bonds. The Morgan fingerprint density at radius 2 is 1.06 bits per heavy atom. The summed E-state index contributed by atoms with van der Waals surface area (Å²) in [6.45, 7) is 2.84. The highest BCUT2D eigenvalue weighted by molar-refractivity contribution is 7.47. The molecule has 68 heavy (non-hydrogen) atoms. The Labute approximate surface area is 404 Å². The molecule has 11 atom stereocenters. The van der Waals surface area contributed by atoms with E-state index in [9.17, 15) is 59.9 Å². The monoisotopic (exact) mass is 983 g/mol. The average Bonchev–Trinajstić information content (AvgIpc) is 3.31. The van der Waals surface area contributed by atoms with Gasteiger partial charge in [0.15, 0.2) is 6.10 Å². The molecule has 1 fully saturated rings. The number of carbonyl (C=O) groups excluding carboxylic acids is 2. The van der Waals surface area contributed by atoms with Crippen LogP contribution in [-0.2, 0) is 32.7 Å². The lowest BCUT2D eigenvalue weighted by atomic mass is 9.85. The molecule has 388 valence electrons. The van der Waals surface area contributed by atoms with E-state index in [4.69, 9.17) is 18.5 Å². The van der Waals surface area contributed by atoms with Crippen molar-refractivity contribution < 1.29 is 78.4 Å². The van der Waals surface area contributed by atoms with Gasteiger partial charge in [-0.3, -0.25) is 18.6 Å². The van der Waals surface area contributed by atoms with Crippen molar-refractivity contribution in [1.82, 2.24) is 0 Å². The normalized spacial score (nSPS) is 23.3. The Bertz CT molecular complexity index is 1610. The highest BCUT2D eigenvalue weighted by atomic mass is 31.2. The first-order chi connectivity index (χ1) is 32.6. The zero-order chi connectivity index (χ0) is 50.4. The third kappa shape index (κ3) is 31.0. The van der Waals surface area contributed by atoms with Gasteiger partial charge in [0.2, 0.25) is 0 Å². The zero-order valence-corrected chi connectivity index (χ0v) is 41.1. The van der Waals surface area contributed by atoms with E-state index in [0.717, 1.165) is 57.8 Å². The number of rotatable bonds is 38. The molecule has 17 heteroatoms. The lowest BCUT2D eigenvalue weighted by molar-refractivity contribution is -0.220. The number of esters is 2. The van der Waals surface area contributed by atoms with E-state index in [-0.39, 0.29) is 25.7 Å². The fourth-order valence-electron chi connectivity index (χ4n) is 6.65. The van der Waals surface area contributed by atoms with E-state index in [0.29, 0.717) is 19.3 Å². The van der Waals surface area contributed by atoms with Gasteiger partial charge in [0.1, 0.15) is 43.2 Å². The highest BCUT2D eigenvalue weighted by Crippen LogP contribution is 2.47. The average molecular weight is 983 g/mol. The van der Waals surface area contributed by atoms with E-state index in [1.54, 1.807) is 42.5 Å². The molecule has 0 radical (unpaired) electrons. The minimum Gasteiger partial charge on any atom is -0.462 e. The Morgan fingerprint density at radius 3 is 1.65 bits per heavy atom. The summed E-state index contributed by atoms with van der Waals surface area (Å²) in [5.74, 6) is -1.48. The number of allylic oxidation sites excluding steroid dienone is 14. The largest absolute Gasteiger partial charge is 0.472 e. The molecule has 0 aliphatic heterocycles. The standard InChI is InChI=1S/C51H83O16P/c1-3-5-7-8-9-10-11-12-13-14-15-16-17-18-19-20-21-26-30-36-45(56)66-41(39-65-68(62,63)67-51-49(60)47(58)46(57)48(59)50(51)61)38-64-44(55)37-31-35-43(54)42(53)34-29-25-23-22-24-28-33-40(52)32-27-6-4-2/h9-10,12-13,15-16,18-19,22-25,28-29,33-34,40-43,46-54,57-61H,3-8,11,14,17,20-21,26-27,30-32,35-39H2,1-2H3,(H,62,63)/b10-9-,13-12-,16-15-,19-18-,24-22-,25-23+,33-28+,34-29+/t40-,41-,42-,43-,46?,47-,48+,49-,50-,51?/m1/s1. The molecule has 9 N–H and O–H groups in total. The number of phosphoric ester groups is 1. The van der Waals surface area contributed by atoms with Crippen LogP contribution >= 0.6 is 7.82 Å². The molecule has 1 rings (SSSR count). The fraction of sp³-hybridized carbons (Fsp3) is 0.647. The number of phosphoric acid groups is 1. The van der Waals surface area contributed by atoms with Crippen molar-refractivity contribution in [3.05, 3.63) is 97.2 Å². The summed E-state index contributed by atoms with van der Waals surface area (Å²) in [5.41, 5.74) is 0. The highest BCUT2D eigenvalue weighted by Gasteiger charge is 2.51. The first kappa shape index (κ1) is 62.7. The van der Waals surface area contributed by atoms with Crippen LogP contribution in [0.25, 0.3) is 0 Å². The van der Waals surface area contributed by atoms with Crippen molar-refractivity contribution in [1.29, 1.82) is 0 Å². The van der Waals surface area contributed by atoms with Gasteiger partial charge in [-0.05, 0) is 70.6 Å². The number of ether oxygens (including phenoxy) is 2. The minimum atomic E-state index is -5.22. The first-order valence-corrected chi connectivity index (χ1v) is 25.9. The van der Waals surface area contributed by atoms with Gasteiger partial charge >= 0.3 is 19.8 Å². The molecule has 3 unspecified atom stereocenters. The third-order valence-corrected chi connectivity index (χ3v) is 11.7. The van der Waals surface area contributed by atoms with Gasteiger partial charge in [0, 0.05) is 12.8 Å². The summed E-state index contributed by atoms with van der Waals surface area (Å²) in [7, 11) is -5.22. The Morgan fingerprint density at radius 1 is 0.559 bits per heavy atom. The van der Waals surface area contributed by atoms with Crippen LogP contribution in [0.2, 0.25) is 0 Å². The maximum absolute atomic E-state index is 12.8. The number of aliphatic hydroxyl groups is 8. The van der Waals surface area contributed by atoms with Gasteiger partial charge < -0.3 is 55.2 Å². The van der Waals surface area contributed by atoms with Crippen LogP contribution in [0.4, 0.5) is 0 Å². The molecule has 0 spiro atoms. The van der Waals surface area contributed by atoms with E-state index >= 15 is 0 Å². The Kier molecular flexibility index (Phi) is 36.3. The van der Waals surface area contributed by atoms with Crippen LogP contribution in [0, 0.1) is 0 Å². The molecule has 0 bridgehead atoms. The van der Waals surface area contributed by atoms with Crippen LogP contribution < -0.4 is 0 Å². The number of aliphatic hydroxyl groups excluding tert-OH is 8. The molecule has 1 aliphatic carbocycles. The molecule has 1 aliphatic rings. The van der Waals surface area contributed by atoms with E-state index in [1.807, 2.05) is 0 Å². The van der Waals surface area contributed by atoms with Gasteiger partial charge in [-0.15, -0.1) is 0 Å². The maximum atomic E-state index is 12.8. The minimum absolute atomic E-state index is 0.0202. The number of hydrogen-bond acceptors (Lipinski definition) is 15. The van der Waals surface area contributed by atoms with E-state index in [1.165, 1.54) is 25.3 Å². The Balaban J connectivity index is 2.62. The SMILES string of the molecule is CCCCC/C=C\C/C=C\C/C=C\C/C=C\CCCCCC(=O)O[C@H](COC(=O)CCC[C@@H](O)[C@H](O)/C=C/C=C/C=C\C=C\[C@H](O)CCCCC)COP(=O)(O)OC1[C@H](O)[C@H](O)C(O)[C@H](O)[C@H]1O. The second-order valence-electron chi connectivity index (χ2n) is 16.8. The van der Waals surface area contributed by atoms with Gasteiger partial charge in [0.05, 0.1) is 24.9 Å². The second kappa shape index (κ2) is 39.4. The van der Waals surface area contributed by atoms with Gasteiger partial charge in [0.25, 0.3) is 0 Å². The zero-order valence-electron chi connectivity index (χ0n) is 40.2. The van der Waals surface area contributed by atoms with Crippen LogP contribution in [0.3, 0.4) is 0 Å². The molecule has 16 nitrogen and oxygen atoms in total. The summed E-state index contributed by atoms with van der Waals surface area (Å²) < 4.78 is 33.3. The Hall–Kier alpha value is -3.35.